The number of aryl methyl sites for hydroxylation is 3. The summed E-state index contributed by atoms with van der Waals surface area (Å²) in [6.45, 7) is 12.6. The zero-order valence-corrected chi connectivity index (χ0v) is 15.6. The minimum absolute atomic E-state index is 0.203. The van der Waals surface area contributed by atoms with Gasteiger partial charge in [-0.25, -0.2) is 0 Å². The van der Waals surface area contributed by atoms with Crippen LogP contribution in [0.25, 0.3) is 10.9 Å². The van der Waals surface area contributed by atoms with E-state index in [2.05, 4.69) is 37.7 Å². The van der Waals surface area contributed by atoms with Gasteiger partial charge in [-0.1, -0.05) is 6.92 Å². The minimum Gasteiger partial charge on any atom is -0.469 e. The summed E-state index contributed by atoms with van der Waals surface area (Å²) in [6.07, 6.45) is 0.568. The van der Waals surface area contributed by atoms with Crippen LogP contribution in [0.4, 0.5) is 0 Å². The van der Waals surface area contributed by atoms with Crippen molar-refractivity contribution in [2.45, 2.75) is 48.0 Å². The third kappa shape index (κ3) is 3.35. The molecule has 1 aromatic carbocycles. The summed E-state index contributed by atoms with van der Waals surface area (Å²) in [4.78, 5) is 20.5. The highest BCUT2D eigenvalue weighted by Gasteiger charge is 2.16. The topological polar surface area (TPSA) is 61.3 Å². The second-order valence-electron chi connectivity index (χ2n) is 6.38. The SMILES string of the molecule is COC(=O)C(C)CCOc1nc(C)c2c(C)c(C)c(C)c(C)c2n1. The Morgan fingerprint density at radius 2 is 1.62 bits per heavy atom. The van der Waals surface area contributed by atoms with Crippen molar-refractivity contribution in [3.8, 4) is 6.01 Å². The first-order chi connectivity index (χ1) is 11.3. The molecule has 2 aromatic rings. The monoisotopic (exact) mass is 330 g/mol. The quantitative estimate of drug-likeness (QED) is 0.781. The van der Waals surface area contributed by atoms with Crippen LogP contribution >= 0.6 is 0 Å². The maximum Gasteiger partial charge on any atom is 0.317 e. The van der Waals surface area contributed by atoms with Gasteiger partial charge in [0.15, 0.2) is 0 Å². The van der Waals surface area contributed by atoms with Gasteiger partial charge >= 0.3 is 12.0 Å². The van der Waals surface area contributed by atoms with Gasteiger partial charge in [-0.15, -0.1) is 0 Å². The standard InChI is InChI=1S/C19H26N2O3/c1-10(18(22)23-7)8-9-24-19-20-15(6)16-13(4)11(2)12(3)14(5)17(16)21-19/h10H,8-9H2,1-7H3. The molecule has 0 aliphatic heterocycles. The molecule has 5 nitrogen and oxygen atoms in total. The summed E-state index contributed by atoms with van der Waals surface area (Å²) < 4.78 is 10.4. The molecule has 5 heteroatoms. The van der Waals surface area contributed by atoms with E-state index in [1.165, 1.54) is 23.8 Å². The normalized spacial score (nSPS) is 12.3. The van der Waals surface area contributed by atoms with Crippen molar-refractivity contribution in [1.82, 2.24) is 9.97 Å². The molecule has 0 amide bonds. The highest BCUT2D eigenvalue weighted by atomic mass is 16.5. The number of ether oxygens (including phenoxy) is 2. The molecule has 1 atom stereocenters. The number of hydrogen-bond donors (Lipinski definition) is 0. The molecule has 1 unspecified atom stereocenters. The summed E-state index contributed by atoms with van der Waals surface area (Å²) in [6, 6.07) is 0.364. The van der Waals surface area contributed by atoms with Gasteiger partial charge in [0, 0.05) is 5.39 Å². The number of esters is 1. The Balaban J connectivity index is 2.29. The van der Waals surface area contributed by atoms with Crippen molar-refractivity contribution in [3.05, 3.63) is 27.9 Å². The molecule has 24 heavy (non-hydrogen) atoms. The summed E-state index contributed by atoms with van der Waals surface area (Å²) in [7, 11) is 1.39. The Kier molecular flexibility index (Phi) is 5.42. The maximum atomic E-state index is 11.4. The molecule has 1 aromatic heterocycles. The predicted molar refractivity (Wildman–Crippen MR) is 94.5 cm³/mol. The van der Waals surface area contributed by atoms with Gasteiger partial charge in [0.05, 0.1) is 30.8 Å². The molecule has 0 bridgehead atoms. The van der Waals surface area contributed by atoms with Crippen molar-refractivity contribution in [2.24, 2.45) is 5.92 Å². The van der Waals surface area contributed by atoms with Crippen LogP contribution < -0.4 is 4.74 Å². The number of carbonyl (C=O) groups excluding carboxylic acids is 1. The second-order valence-corrected chi connectivity index (χ2v) is 6.38. The van der Waals surface area contributed by atoms with E-state index in [1.54, 1.807) is 0 Å². The molecule has 0 radical (unpaired) electrons. The summed E-state index contributed by atoms with van der Waals surface area (Å²) in [5, 5.41) is 1.10. The third-order valence-electron chi connectivity index (χ3n) is 4.87. The fourth-order valence-corrected chi connectivity index (χ4v) is 2.91. The first-order valence-corrected chi connectivity index (χ1v) is 8.23. The molecular formula is C19H26N2O3. The van der Waals surface area contributed by atoms with Crippen LogP contribution in [0.15, 0.2) is 0 Å². The van der Waals surface area contributed by atoms with Gasteiger partial charge in [-0.05, 0) is 63.3 Å². The van der Waals surface area contributed by atoms with Crippen molar-refractivity contribution in [3.63, 3.8) is 0 Å². The van der Waals surface area contributed by atoms with E-state index in [-0.39, 0.29) is 11.9 Å². The van der Waals surface area contributed by atoms with E-state index >= 15 is 0 Å². The molecule has 0 aliphatic carbocycles. The van der Waals surface area contributed by atoms with E-state index < -0.39 is 0 Å². The van der Waals surface area contributed by atoms with E-state index in [1.807, 2.05) is 13.8 Å². The first-order valence-electron chi connectivity index (χ1n) is 8.23. The van der Waals surface area contributed by atoms with Crippen molar-refractivity contribution < 1.29 is 14.3 Å². The Bertz CT molecular complexity index is 784. The molecule has 1 heterocycles. The van der Waals surface area contributed by atoms with E-state index in [4.69, 9.17) is 9.47 Å². The predicted octanol–water partition coefficient (Wildman–Crippen LogP) is 3.75. The Morgan fingerprint density at radius 3 is 2.25 bits per heavy atom. The van der Waals surface area contributed by atoms with Gasteiger partial charge in [-0.2, -0.15) is 9.97 Å². The highest BCUT2D eigenvalue weighted by Crippen LogP contribution is 2.30. The molecule has 2 rings (SSSR count). The lowest BCUT2D eigenvalue weighted by atomic mass is 9.94. The van der Waals surface area contributed by atoms with Crippen LogP contribution in [0.1, 0.15) is 41.3 Å². The Labute approximate surface area is 143 Å². The van der Waals surface area contributed by atoms with Crippen LogP contribution in [0.2, 0.25) is 0 Å². The number of benzene rings is 1. The summed E-state index contributed by atoms with van der Waals surface area (Å²) in [5.74, 6) is -0.433. The number of methoxy groups -OCH3 is 1. The number of aromatic nitrogens is 2. The average molecular weight is 330 g/mol. The largest absolute Gasteiger partial charge is 0.469 e. The lowest BCUT2D eigenvalue weighted by Crippen LogP contribution is -2.16. The molecule has 0 spiro atoms. The zero-order valence-electron chi connectivity index (χ0n) is 15.6. The van der Waals surface area contributed by atoms with Crippen molar-refractivity contribution >= 4 is 16.9 Å². The number of hydrogen-bond acceptors (Lipinski definition) is 5. The molecule has 0 fully saturated rings. The number of carbonyl (C=O) groups is 1. The minimum atomic E-state index is -0.230. The van der Waals surface area contributed by atoms with Gasteiger partial charge in [-0.3, -0.25) is 4.79 Å². The van der Waals surface area contributed by atoms with E-state index in [9.17, 15) is 4.79 Å². The highest BCUT2D eigenvalue weighted by molar-refractivity contribution is 5.89. The number of rotatable bonds is 5. The fraction of sp³-hybridized carbons (Fsp3) is 0.526. The van der Waals surface area contributed by atoms with Crippen LogP contribution in [0, 0.1) is 40.5 Å². The Morgan fingerprint density at radius 1 is 1.00 bits per heavy atom. The lowest BCUT2D eigenvalue weighted by molar-refractivity contribution is -0.145. The van der Waals surface area contributed by atoms with Gasteiger partial charge in [0.25, 0.3) is 0 Å². The molecule has 0 saturated heterocycles. The number of fused-ring (bicyclic) bond motifs is 1. The van der Waals surface area contributed by atoms with Crippen LogP contribution in [0.3, 0.4) is 0 Å². The molecule has 0 saturated carbocycles. The number of nitrogens with zero attached hydrogens (tertiary/aromatic N) is 2. The van der Waals surface area contributed by atoms with Crippen LogP contribution in [-0.4, -0.2) is 29.7 Å². The maximum absolute atomic E-state index is 11.4. The summed E-state index contributed by atoms with van der Waals surface area (Å²) >= 11 is 0. The smallest absolute Gasteiger partial charge is 0.317 e. The molecular weight excluding hydrogens is 304 g/mol. The average Bonchev–Trinajstić information content (AvgIpc) is 2.56. The van der Waals surface area contributed by atoms with Gasteiger partial charge < -0.3 is 9.47 Å². The molecule has 130 valence electrons. The van der Waals surface area contributed by atoms with Crippen LogP contribution in [-0.2, 0) is 9.53 Å². The van der Waals surface area contributed by atoms with Crippen molar-refractivity contribution in [2.75, 3.05) is 13.7 Å². The molecule has 0 aliphatic rings. The van der Waals surface area contributed by atoms with Crippen LogP contribution in [0.5, 0.6) is 6.01 Å². The van der Waals surface area contributed by atoms with Gasteiger partial charge in [0.2, 0.25) is 0 Å². The van der Waals surface area contributed by atoms with E-state index in [0.29, 0.717) is 19.0 Å². The zero-order chi connectivity index (χ0) is 18.0. The first kappa shape index (κ1) is 18.2. The third-order valence-corrected chi connectivity index (χ3v) is 4.87. The van der Waals surface area contributed by atoms with Gasteiger partial charge in [0.1, 0.15) is 0 Å². The summed E-state index contributed by atoms with van der Waals surface area (Å²) in [5.41, 5.74) is 6.78. The molecule has 0 N–H and O–H groups in total. The lowest BCUT2D eigenvalue weighted by Gasteiger charge is -2.16. The van der Waals surface area contributed by atoms with E-state index in [0.717, 1.165) is 22.2 Å². The Hall–Kier alpha value is -2.17. The second kappa shape index (κ2) is 7.16. The fourth-order valence-electron chi connectivity index (χ4n) is 2.91. The van der Waals surface area contributed by atoms with Crippen molar-refractivity contribution in [1.29, 1.82) is 0 Å².